The molecule has 128 valence electrons. The minimum absolute atomic E-state index is 0.136. The third-order valence-corrected chi connectivity index (χ3v) is 4.42. The Morgan fingerprint density at radius 2 is 1.68 bits per heavy atom. The van der Waals surface area contributed by atoms with Crippen molar-refractivity contribution in [3.05, 3.63) is 87.9 Å². The number of nitrogens with one attached hydrogen (secondary N) is 2. The summed E-state index contributed by atoms with van der Waals surface area (Å²) in [7, 11) is 0. The lowest BCUT2D eigenvalue weighted by Gasteiger charge is -2.19. The Labute approximate surface area is 146 Å². The van der Waals surface area contributed by atoms with Crippen molar-refractivity contribution in [2.24, 2.45) is 0 Å². The summed E-state index contributed by atoms with van der Waals surface area (Å²) in [5.41, 5.74) is 0.543. The smallest absolute Gasteiger partial charge is 0.320 e. The Hall–Kier alpha value is -2.80. The fraction of sp³-hybridized carbons (Fsp3) is 0.0556. The molecule has 0 saturated carbocycles. The number of hydrogen-bond acceptors (Lipinski definition) is 2. The highest BCUT2D eigenvalue weighted by Gasteiger charge is 2.19. The maximum absolute atomic E-state index is 13.7. The van der Waals surface area contributed by atoms with Crippen LogP contribution in [0.25, 0.3) is 0 Å². The normalized spacial score (nSPS) is 11.8. The van der Waals surface area contributed by atoms with Gasteiger partial charge in [0.05, 0.1) is 11.7 Å². The first-order chi connectivity index (χ1) is 12.0. The second-order valence-corrected chi connectivity index (χ2v) is 6.20. The molecule has 0 aliphatic carbocycles. The van der Waals surface area contributed by atoms with E-state index in [0.29, 0.717) is 11.6 Å². The van der Waals surface area contributed by atoms with E-state index in [-0.39, 0.29) is 11.5 Å². The molecule has 1 aromatic heterocycles. The van der Waals surface area contributed by atoms with Crippen LogP contribution in [0, 0.1) is 17.5 Å². The van der Waals surface area contributed by atoms with Crippen molar-refractivity contribution in [2.75, 3.05) is 5.32 Å². The molecule has 1 heterocycles. The third-order valence-electron chi connectivity index (χ3n) is 3.49. The summed E-state index contributed by atoms with van der Waals surface area (Å²) in [6, 6.07) is 11.1. The average Bonchev–Trinajstić information content (AvgIpc) is 3.10. The molecule has 7 heteroatoms. The molecule has 0 saturated heterocycles. The molecule has 0 fully saturated rings. The van der Waals surface area contributed by atoms with Crippen LogP contribution >= 0.6 is 11.3 Å². The summed E-state index contributed by atoms with van der Waals surface area (Å²) in [6.45, 7) is 0. The van der Waals surface area contributed by atoms with Gasteiger partial charge >= 0.3 is 6.03 Å². The van der Waals surface area contributed by atoms with Crippen molar-refractivity contribution < 1.29 is 18.0 Å². The minimum atomic E-state index is -0.871. The zero-order chi connectivity index (χ0) is 17.8. The van der Waals surface area contributed by atoms with Crippen LogP contribution in [0.2, 0.25) is 0 Å². The van der Waals surface area contributed by atoms with Gasteiger partial charge in [0.1, 0.15) is 17.5 Å². The summed E-state index contributed by atoms with van der Waals surface area (Å²) >= 11 is 1.42. The topological polar surface area (TPSA) is 41.1 Å². The molecule has 1 atom stereocenters. The monoisotopic (exact) mass is 362 g/mol. The van der Waals surface area contributed by atoms with E-state index in [9.17, 15) is 18.0 Å². The lowest BCUT2D eigenvalue weighted by atomic mass is 10.1. The predicted molar refractivity (Wildman–Crippen MR) is 91.1 cm³/mol. The first-order valence-corrected chi connectivity index (χ1v) is 8.22. The molecule has 2 amide bonds. The summed E-state index contributed by atoms with van der Waals surface area (Å²) in [6.07, 6.45) is 0. The van der Waals surface area contributed by atoms with Crippen molar-refractivity contribution in [3.8, 4) is 0 Å². The quantitative estimate of drug-likeness (QED) is 0.668. The minimum Gasteiger partial charge on any atom is -0.326 e. The van der Waals surface area contributed by atoms with Gasteiger partial charge in [0.15, 0.2) is 0 Å². The lowest BCUT2D eigenvalue weighted by molar-refractivity contribution is 0.250. The number of amides is 2. The van der Waals surface area contributed by atoms with E-state index < -0.39 is 23.7 Å². The van der Waals surface area contributed by atoms with Crippen molar-refractivity contribution >= 4 is 23.1 Å². The molecule has 2 N–H and O–H groups in total. The number of thiophene rings is 1. The fourth-order valence-corrected chi connectivity index (χ4v) is 3.11. The Morgan fingerprint density at radius 1 is 0.960 bits per heavy atom. The molecule has 3 nitrogen and oxygen atoms in total. The summed E-state index contributed by atoms with van der Waals surface area (Å²) in [5.74, 6) is -1.98. The summed E-state index contributed by atoms with van der Waals surface area (Å²) in [5, 5.41) is 6.93. The molecule has 1 unspecified atom stereocenters. The Bertz CT molecular complexity index is 867. The predicted octanol–water partition coefficient (Wildman–Crippen LogP) is 5.08. The number of carbonyl (C=O) groups excluding carboxylic acids is 1. The SMILES string of the molecule is O=C(Nc1ccc(F)cc1F)NC(c1ccc(F)cc1)c1cccs1. The van der Waals surface area contributed by atoms with Crippen molar-refractivity contribution in [1.29, 1.82) is 0 Å². The lowest BCUT2D eigenvalue weighted by Crippen LogP contribution is -2.33. The summed E-state index contributed by atoms with van der Waals surface area (Å²) in [4.78, 5) is 13.1. The molecular formula is C18H13F3N2OS. The van der Waals surface area contributed by atoms with E-state index >= 15 is 0 Å². The van der Waals surface area contributed by atoms with Crippen LogP contribution in [-0.2, 0) is 0 Å². The number of carbonyl (C=O) groups is 1. The maximum Gasteiger partial charge on any atom is 0.320 e. The first kappa shape index (κ1) is 17.0. The van der Waals surface area contributed by atoms with Crippen LogP contribution in [-0.4, -0.2) is 6.03 Å². The first-order valence-electron chi connectivity index (χ1n) is 7.34. The Kier molecular flexibility index (Phi) is 5.04. The molecule has 0 radical (unpaired) electrons. The summed E-state index contributed by atoms with van der Waals surface area (Å²) < 4.78 is 39.8. The van der Waals surface area contributed by atoms with Crippen LogP contribution in [0.4, 0.5) is 23.7 Å². The molecule has 25 heavy (non-hydrogen) atoms. The second kappa shape index (κ2) is 7.40. The van der Waals surface area contributed by atoms with E-state index in [1.54, 1.807) is 12.1 Å². The Morgan fingerprint density at radius 3 is 2.32 bits per heavy atom. The molecule has 0 bridgehead atoms. The Balaban J connectivity index is 1.80. The number of anilines is 1. The van der Waals surface area contributed by atoms with E-state index in [0.717, 1.165) is 17.0 Å². The van der Waals surface area contributed by atoms with Crippen molar-refractivity contribution in [2.45, 2.75) is 6.04 Å². The van der Waals surface area contributed by atoms with Crippen LogP contribution in [0.5, 0.6) is 0 Å². The molecule has 0 spiro atoms. The molecule has 3 aromatic rings. The third kappa shape index (κ3) is 4.19. The van der Waals surface area contributed by atoms with Crippen LogP contribution < -0.4 is 10.6 Å². The average molecular weight is 362 g/mol. The molecule has 0 aliphatic heterocycles. The molecule has 0 aliphatic rings. The highest BCUT2D eigenvalue weighted by Crippen LogP contribution is 2.26. The van der Waals surface area contributed by atoms with Gasteiger partial charge in [0.25, 0.3) is 0 Å². The van der Waals surface area contributed by atoms with Gasteiger partial charge in [-0.25, -0.2) is 18.0 Å². The van der Waals surface area contributed by atoms with Gasteiger partial charge < -0.3 is 10.6 Å². The van der Waals surface area contributed by atoms with Gasteiger partial charge in [-0.3, -0.25) is 0 Å². The van der Waals surface area contributed by atoms with Gasteiger partial charge in [0, 0.05) is 10.9 Å². The van der Waals surface area contributed by atoms with Crippen LogP contribution in [0.15, 0.2) is 60.0 Å². The van der Waals surface area contributed by atoms with E-state index in [1.165, 1.54) is 23.5 Å². The van der Waals surface area contributed by atoms with Gasteiger partial charge in [0.2, 0.25) is 0 Å². The van der Waals surface area contributed by atoms with Gasteiger partial charge in [-0.1, -0.05) is 18.2 Å². The number of benzene rings is 2. The zero-order valence-electron chi connectivity index (χ0n) is 12.8. The van der Waals surface area contributed by atoms with Crippen molar-refractivity contribution in [3.63, 3.8) is 0 Å². The second-order valence-electron chi connectivity index (χ2n) is 5.22. The van der Waals surface area contributed by atoms with Gasteiger partial charge in [-0.05, 0) is 41.3 Å². The number of urea groups is 1. The number of halogens is 3. The largest absolute Gasteiger partial charge is 0.326 e. The zero-order valence-corrected chi connectivity index (χ0v) is 13.6. The van der Waals surface area contributed by atoms with E-state index in [4.69, 9.17) is 0 Å². The van der Waals surface area contributed by atoms with E-state index in [2.05, 4.69) is 10.6 Å². The standard InChI is InChI=1S/C18H13F3N2OS/c19-12-5-3-11(4-6-12)17(16-2-1-9-25-16)23-18(24)22-15-8-7-13(20)10-14(15)21/h1-10,17H,(H2,22,23,24). The molecular weight excluding hydrogens is 349 g/mol. The van der Waals surface area contributed by atoms with Gasteiger partial charge in [-0.2, -0.15) is 0 Å². The molecule has 2 aromatic carbocycles. The van der Waals surface area contributed by atoms with Crippen LogP contribution in [0.3, 0.4) is 0 Å². The number of rotatable bonds is 4. The highest BCUT2D eigenvalue weighted by molar-refractivity contribution is 7.10. The van der Waals surface area contributed by atoms with Crippen LogP contribution in [0.1, 0.15) is 16.5 Å². The maximum atomic E-state index is 13.7. The highest BCUT2D eigenvalue weighted by atomic mass is 32.1. The molecule has 3 rings (SSSR count). The van der Waals surface area contributed by atoms with Gasteiger partial charge in [-0.15, -0.1) is 11.3 Å². The number of hydrogen-bond donors (Lipinski definition) is 2. The fourth-order valence-electron chi connectivity index (χ4n) is 2.31. The van der Waals surface area contributed by atoms with Crippen molar-refractivity contribution in [1.82, 2.24) is 5.32 Å². The van der Waals surface area contributed by atoms with E-state index in [1.807, 2.05) is 17.5 Å².